The van der Waals surface area contributed by atoms with Crippen molar-refractivity contribution in [1.82, 2.24) is 10.6 Å². The van der Waals surface area contributed by atoms with Crippen LogP contribution in [0.3, 0.4) is 0 Å². The number of carboxylic acid groups (broad SMARTS) is 1. The van der Waals surface area contributed by atoms with Crippen molar-refractivity contribution in [2.24, 2.45) is 0 Å². The number of aliphatic hydroxyl groups excluding tert-OH is 1. The molecule has 0 aliphatic heterocycles. The smallest absolute Gasteiger partial charge is 0.326 e. The Balaban J connectivity index is 4.28. The third-order valence-corrected chi connectivity index (χ3v) is 3.06. The van der Waals surface area contributed by atoms with Crippen molar-refractivity contribution in [2.45, 2.75) is 25.4 Å². The first-order valence-corrected chi connectivity index (χ1v) is 7.30. The van der Waals surface area contributed by atoms with Crippen LogP contribution in [0.2, 0.25) is 0 Å². The Morgan fingerprint density at radius 1 is 1.28 bits per heavy atom. The summed E-state index contributed by atoms with van der Waals surface area (Å²) < 4.78 is 21.9. The van der Waals surface area contributed by atoms with Gasteiger partial charge in [-0.05, 0) is 6.92 Å². The minimum absolute atomic E-state index is 0.122. The van der Waals surface area contributed by atoms with E-state index in [0.29, 0.717) is 0 Å². The van der Waals surface area contributed by atoms with E-state index in [1.165, 1.54) is 6.92 Å². The van der Waals surface area contributed by atoms with E-state index in [-0.39, 0.29) is 18.8 Å². The molecule has 2 unspecified atom stereocenters. The number of carbonyl (C=O) groups excluding carboxylic acids is 1. The average Bonchev–Trinajstić information content (AvgIpc) is 2.13. The van der Waals surface area contributed by atoms with E-state index in [1.807, 2.05) is 0 Å². The molecule has 0 saturated heterocycles. The van der Waals surface area contributed by atoms with Gasteiger partial charge in [-0.2, -0.15) is 0 Å². The molecule has 8 nitrogen and oxygen atoms in total. The number of sulfone groups is 1. The lowest BCUT2D eigenvalue weighted by atomic mass is 10.2. The van der Waals surface area contributed by atoms with E-state index < -0.39 is 33.9 Å². The summed E-state index contributed by atoms with van der Waals surface area (Å²) in [6, 6.07) is -2.63. The number of urea groups is 1. The number of hydrogen-bond acceptors (Lipinski definition) is 5. The fourth-order valence-electron chi connectivity index (χ4n) is 1.31. The van der Waals surface area contributed by atoms with Crippen LogP contribution < -0.4 is 10.6 Å². The van der Waals surface area contributed by atoms with Crippen LogP contribution in [0.15, 0.2) is 0 Å². The highest BCUT2D eigenvalue weighted by atomic mass is 32.2. The van der Waals surface area contributed by atoms with Crippen LogP contribution in [0.25, 0.3) is 0 Å². The Morgan fingerprint density at radius 2 is 1.83 bits per heavy atom. The van der Waals surface area contributed by atoms with Gasteiger partial charge in [-0.25, -0.2) is 18.0 Å². The molecule has 2 atom stereocenters. The monoisotopic (exact) mass is 282 g/mol. The molecular formula is C9H18N2O6S. The van der Waals surface area contributed by atoms with Gasteiger partial charge in [-0.1, -0.05) is 0 Å². The Hall–Kier alpha value is -1.35. The number of hydrogen-bond donors (Lipinski definition) is 4. The van der Waals surface area contributed by atoms with E-state index in [9.17, 15) is 18.0 Å². The molecule has 0 aliphatic carbocycles. The highest BCUT2D eigenvalue weighted by Crippen LogP contribution is 1.93. The summed E-state index contributed by atoms with van der Waals surface area (Å²) in [5, 5.41) is 21.8. The molecule has 18 heavy (non-hydrogen) atoms. The Kier molecular flexibility index (Phi) is 6.63. The molecule has 0 aliphatic rings. The first-order chi connectivity index (χ1) is 8.15. The number of amides is 2. The van der Waals surface area contributed by atoms with Gasteiger partial charge in [-0.3, -0.25) is 0 Å². The van der Waals surface area contributed by atoms with Crippen molar-refractivity contribution >= 4 is 21.8 Å². The zero-order valence-electron chi connectivity index (χ0n) is 10.2. The standard InChI is InChI=1S/C9H18N2O6S/c1-6(5-18(2,16)17)10-9(15)11-7(3-4-12)8(13)14/h6-7,12H,3-5H2,1-2H3,(H,13,14)(H2,10,11,15). The van der Waals surface area contributed by atoms with Crippen LogP contribution >= 0.6 is 0 Å². The van der Waals surface area contributed by atoms with E-state index >= 15 is 0 Å². The van der Waals surface area contributed by atoms with Gasteiger partial charge >= 0.3 is 12.0 Å². The van der Waals surface area contributed by atoms with E-state index in [0.717, 1.165) is 6.26 Å². The first kappa shape index (κ1) is 16.6. The van der Waals surface area contributed by atoms with Crippen LogP contribution in [-0.2, 0) is 14.6 Å². The van der Waals surface area contributed by atoms with Crippen LogP contribution in [0.5, 0.6) is 0 Å². The van der Waals surface area contributed by atoms with Gasteiger partial charge in [0.05, 0.1) is 5.75 Å². The van der Waals surface area contributed by atoms with Crippen LogP contribution in [0, 0.1) is 0 Å². The molecule has 0 heterocycles. The third kappa shape index (κ3) is 7.85. The normalized spacial score (nSPS) is 14.6. The van der Waals surface area contributed by atoms with Gasteiger partial charge in [0.1, 0.15) is 15.9 Å². The number of aliphatic hydroxyl groups is 1. The number of carboxylic acids is 1. The average molecular weight is 282 g/mol. The van der Waals surface area contributed by atoms with Crippen LogP contribution in [-0.4, -0.2) is 61.3 Å². The predicted molar refractivity (Wildman–Crippen MR) is 64.0 cm³/mol. The van der Waals surface area contributed by atoms with Gasteiger partial charge in [0.25, 0.3) is 0 Å². The summed E-state index contributed by atoms with van der Waals surface area (Å²) >= 11 is 0. The molecule has 0 fully saturated rings. The van der Waals surface area contributed by atoms with Gasteiger partial charge in [0.15, 0.2) is 0 Å². The third-order valence-electron chi connectivity index (χ3n) is 1.95. The Bertz CT molecular complexity index is 394. The second-order valence-electron chi connectivity index (χ2n) is 4.01. The SMILES string of the molecule is CC(CS(C)(=O)=O)NC(=O)NC(CCO)C(=O)O. The molecule has 0 saturated carbocycles. The summed E-state index contributed by atoms with van der Waals surface area (Å²) in [6.07, 6.45) is 0.915. The predicted octanol–water partition coefficient (Wildman–Crippen LogP) is -1.45. The Labute approximate surface area is 105 Å². The van der Waals surface area contributed by atoms with Gasteiger partial charge in [0.2, 0.25) is 0 Å². The van der Waals surface area contributed by atoms with E-state index in [4.69, 9.17) is 10.2 Å². The lowest BCUT2D eigenvalue weighted by Crippen LogP contribution is -2.49. The minimum Gasteiger partial charge on any atom is -0.480 e. The highest BCUT2D eigenvalue weighted by molar-refractivity contribution is 7.90. The van der Waals surface area contributed by atoms with E-state index in [2.05, 4.69) is 10.6 Å². The lowest BCUT2D eigenvalue weighted by molar-refractivity contribution is -0.139. The highest BCUT2D eigenvalue weighted by Gasteiger charge is 2.20. The molecule has 4 N–H and O–H groups in total. The van der Waals surface area contributed by atoms with Crippen molar-refractivity contribution < 1.29 is 28.2 Å². The summed E-state index contributed by atoms with van der Waals surface area (Å²) in [4.78, 5) is 22.1. The number of aliphatic carboxylic acids is 1. The minimum atomic E-state index is -3.22. The molecule has 0 aromatic rings. The molecule has 0 rings (SSSR count). The second kappa shape index (κ2) is 7.17. The zero-order chi connectivity index (χ0) is 14.3. The zero-order valence-corrected chi connectivity index (χ0v) is 11.0. The molecule has 9 heteroatoms. The Morgan fingerprint density at radius 3 is 2.22 bits per heavy atom. The summed E-state index contributed by atoms with van der Waals surface area (Å²) in [5.74, 6) is -1.51. The first-order valence-electron chi connectivity index (χ1n) is 5.24. The lowest BCUT2D eigenvalue weighted by Gasteiger charge is -2.17. The number of carbonyl (C=O) groups is 2. The van der Waals surface area contributed by atoms with Crippen molar-refractivity contribution in [1.29, 1.82) is 0 Å². The number of rotatable bonds is 7. The fourth-order valence-corrected chi connectivity index (χ4v) is 2.30. The van der Waals surface area contributed by atoms with Gasteiger partial charge < -0.3 is 20.8 Å². The molecule has 0 aromatic heterocycles. The largest absolute Gasteiger partial charge is 0.480 e. The second-order valence-corrected chi connectivity index (χ2v) is 6.20. The summed E-state index contributed by atoms with van der Waals surface area (Å²) in [5.41, 5.74) is 0. The fraction of sp³-hybridized carbons (Fsp3) is 0.778. The molecule has 0 aromatic carbocycles. The van der Waals surface area contributed by atoms with E-state index in [1.54, 1.807) is 0 Å². The molecule has 106 valence electrons. The maximum Gasteiger partial charge on any atom is 0.326 e. The molecule has 0 bridgehead atoms. The maximum atomic E-state index is 11.4. The molecule has 0 spiro atoms. The molecule has 2 amide bonds. The van der Waals surface area contributed by atoms with Crippen LogP contribution in [0.4, 0.5) is 4.79 Å². The van der Waals surface area contributed by atoms with Crippen molar-refractivity contribution in [2.75, 3.05) is 18.6 Å². The summed E-state index contributed by atoms with van der Waals surface area (Å²) in [7, 11) is -3.22. The molecular weight excluding hydrogens is 264 g/mol. The van der Waals surface area contributed by atoms with Gasteiger partial charge in [0, 0.05) is 25.3 Å². The van der Waals surface area contributed by atoms with Crippen molar-refractivity contribution in [3.63, 3.8) is 0 Å². The maximum absolute atomic E-state index is 11.4. The molecule has 0 radical (unpaired) electrons. The quantitative estimate of drug-likeness (QED) is 0.452. The van der Waals surface area contributed by atoms with Gasteiger partial charge in [-0.15, -0.1) is 0 Å². The summed E-state index contributed by atoms with van der Waals surface area (Å²) in [6.45, 7) is 1.11. The number of nitrogens with one attached hydrogen (secondary N) is 2. The van der Waals surface area contributed by atoms with Crippen LogP contribution in [0.1, 0.15) is 13.3 Å². The van der Waals surface area contributed by atoms with Crippen molar-refractivity contribution in [3.05, 3.63) is 0 Å². The topological polar surface area (TPSA) is 133 Å². The van der Waals surface area contributed by atoms with Crippen molar-refractivity contribution in [3.8, 4) is 0 Å².